The number of nitrogens with one attached hydrogen (secondary N) is 1. The fourth-order valence-corrected chi connectivity index (χ4v) is 2.24. The molecule has 1 amide bonds. The molecule has 0 saturated carbocycles. The number of hydrogen-bond donors (Lipinski definition) is 1. The van der Waals surface area contributed by atoms with E-state index in [-0.39, 0.29) is 12.4 Å². The summed E-state index contributed by atoms with van der Waals surface area (Å²) in [5.74, 6) is 0. The number of rotatable bonds is 1. The average molecular weight is 191 g/mol. The third-order valence-corrected chi connectivity index (χ3v) is 2.80. The highest BCUT2D eigenvalue weighted by Crippen LogP contribution is 2.22. The van der Waals surface area contributed by atoms with Crippen molar-refractivity contribution in [1.82, 2.24) is 10.2 Å². The summed E-state index contributed by atoms with van der Waals surface area (Å²) in [6.07, 6.45) is 4.55. The lowest BCUT2D eigenvalue weighted by Gasteiger charge is -2.34. The molecule has 2 rings (SSSR count). The Balaban J connectivity index is 0.000000720. The van der Waals surface area contributed by atoms with Gasteiger partial charge in [0.2, 0.25) is 6.41 Å². The lowest BCUT2D eigenvalue weighted by Crippen LogP contribution is -2.47. The van der Waals surface area contributed by atoms with Gasteiger partial charge in [0.25, 0.3) is 0 Å². The molecule has 0 aromatic heterocycles. The standard InChI is InChI=1S/C8H14N2O.ClH/c11-6-10-5-1-2-7-8(10)3-4-9-7;/h6-9H,1-5H2;1H/t7-,8-;/m1./s1. The smallest absolute Gasteiger partial charge is 0.210 e. The zero-order valence-electron chi connectivity index (χ0n) is 7.03. The molecule has 2 aliphatic heterocycles. The Labute approximate surface area is 78.9 Å². The second-order valence-electron chi connectivity index (χ2n) is 3.40. The van der Waals surface area contributed by atoms with Crippen LogP contribution in [0, 0.1) is 0 Å². The Kier molecular flexibility index (Phi) is 3.35. The monoisotopic (exact) mass is 190 g/mol. The molecule has 0 spiro atoms. The number of hydrogen-bond acceptors (Lipinski definition) is 2. The number of halogens is 1. The summed E-state index contributed by atoms with van der Waals surface area (Å²) in [5, 5.41) is 3.42. The van der Waals surface area contributed by atoms with Crippen LogP contribution in [0.2, 0.25) is 0 Å². The van der Waals surface area contributed by atoms with E-state index < -0.39 is 0 Å². The Hall–Kier alpha value is -0.280. The minimum atomic E-state index is 0. The zero-order valence-corrected chi connectivity index (χ0v) is 7.85. The molecular formula is C8H15ClN2O. The van der Waals surface area contributed by atoms with Crippen LogP contribution in [-0.4, -0.2) is 36.5 Å². The predicted octanol–water partition coefficient (Wildman–Crippen LogP) is 0.391. The van der Waals surface area contributed by atoms with Crippen molar-refractivity contribution in [3.8, 4) is 0 Å². The molecule has 0 aromatic carbocycles. The number of carbonyl (C=O) groups excluding carboxylic acids is 1. The van der Waals surface area contributed by atoms with Crippen LogP contribution in [-0.2, 0) is 4.79 Å². The normalized spacial score (nSPS) is 33.8. The first kappa shape index (κ1) is 9.81. The first-order valence-electron chi connectivity index (χ1n) is 4.36. The molecule has 0 aliphatic carbocycles. The molecule has 1 N–H and O–H groups in total. The van der Waals surface area contributed by atoms with Crippen LogP contribution in [0.3, 0.4) is 0 Å². The minimum absolute atomic E-state index is 0. The molecule has 2 aliphatic rings. The highest BCUT2D eigenvalue weighted by atomic mass is 35.5. The fourth-order valence-electron chi connectivity index (χ4n) is 2.24. The van der Waals surface area contributed by atoms with Gasteiger partial charge in [0.1, 0.15) is 0 Å². The van der Waals surface area contributed by atoms with Gasteiger partial charge in [-0.2, -0.15) is 0 Å². The second kappa shape index (κ2) is 4.10. The first-order chi connectivity index (χ1) is 5.42. The van der Waals surface area contributed by atoms with E-state index in [0.29, 0.717) is 12.1 Å². The van der Waals surface area contributed by atoms with Crippen molar-refractivity contribution in [3.63, 3.8) is 0 Å². The van der Waals surface area contributed by atoms with Gasteiger partial charge in [0.15, 0.2) is 0 Å². The van der Waals surface area contributed by atoms with Gasteiger partial charge in [-0.05, 0) is 25.8 Å². The molecule has 0 unspecified atom stereocenters. The van der Waals surface area contributed by atoms with Crippen LogP contribution in [0.4, 0.5) is 0 Å². The van der Waals surface area contributed by atoms with Crippen molar-refractivity contribution >= 4 is 18.8 Å². The van der Waals surface area contributed by atoms with Crippen LogP contribution >= 0.6 is 12.4 Å². The number of likely N-dealkylation sites (tertiary alicyclic amines) is 1. The highest BCUT2D eigenvalue weighted by molar-refractivity contribution is 5.85. The lowest BCUT2D eigenvalue weighted by molar-refractivity contribution is -0.121. The summed E-state index contributed by atoms with van der Waals surface area (Å²) in [6.45, 7) is 2.05. The maximum Gasteiger partial charge on any atom is 0.210 e. The Morgan fingerprint density at radius 2 is 2.25 bits per heavy atom. The van der Waals surface area contributed by atoms with Crippen molar-refractivity contribution in [2.45, 2.75) is 31.3 Å². The van der Waals surface area contributed by atoms with Crippen LogP contribution in [0.1, 0.15) is 19.3 Å². The zero-order chi connectivity index (χ0) is 7.68. The highest BCUT2D eigenvalue weighted by Gasteiger charge is 2.33. The predicted molar refractivity (Wildman–Crippen MR) is 49.4 cm³/mol. The number of amides is 1. The van der Waals surface area contributed by atoms with Crippen molar-refractivity contribution < 1.29 is 4.79 Å². The van der Waals surface area contributed by atoms with Crippen LogP contribution < -0.4 is 5.32 Å². The van der Waals surface area contributed by atoms with Gasteiger partial charge in [-0.3, -0.25) is 4.79 Å². The number of fused-ring (bicyclic) bond motifs is 1. The largest absolute Gasteiger partial charge is 0.341 e. The Bertz CT molecular complexity index is 165. The SMILES string of the molecule is Cl.O=CN1CCC[C@H]2NCC[C@H]21. The molecule has 2 heterocycles. The van der Waals surface area contributed by atoms with Gasteiger partial charge in [0, 0.05) is 18.6 Å². The lowest BCUT2D eigenvalue weighted by atomic mass is 9.98. The number of carbonyl (C=O) groups is 1. The van der Waals surface area contributed by atoms with Gasteiger partial charge in [0.05, 0.1) is 0 Å². The topological polar surface area (TPSA) is 32.3 Å². The Morgan fingerprint density at radius 3 is 3.00 bits per heavy atom. The van der Waals surface area contributed by atoms with Crippen molar-refractivity contribution in [2.24, 2.45) is 0 Å². The fraction of sp³-hybridized carbons (Fsp3) is 0.875. The third kappa shape index (κ3) is 1.57. The van der Waals surface area contributed by atoms with E-state index in [2.05, 4.69) is 5.32 Å². The average Bonchev–Trinajstić information content (AvgIpc) is 2.50. The molecule has 3 nitrogen and oxygen atoms in total. The quantitative estimate of drug-likeness (QED) is 0.607. The van der Waals surface area contributed by atoms with Gasteiger partial charge < -0.3 is 10.2 Å². The molecule has 2 fully saturated rings. The van der Waals surface area contributed by atoms with E-state index >= 15 is 0 Å². The molecule has 0 radical (unpaired) electrons. The summed E-state index contributed by atoms with van der Waals surface area (Å²) in [6, 6.07) is 1.09. The minimum Gasteiger partial charge on any atom is -0.341 e. The third-order valence-electron chi connectivity index (χ3n) is 2.80. The second-order valence-corrected chi connectivity index (χ2v) is 3.40. The van der Waals surface area contributed by atoms with E-state index in [9.17, 15) is 4.79 Å². The van der Waals surface area contributed by atoms with Crippen LogP contribution in [0.25, 0.3) is 0 Å². The Morgan fingerprint density at radius 1 is 1.42 bits per heavy atom. The van der Waals surface area contributed by atoms with E-state index in [4.69, 9.17) is 0 Å². The van der Waals surface area contributed by atoms with Gasteiger partial charge in [-0.1, -0.05) is 0 Å². The molecule has 0 aromatic rings. The summed E-state index contributed by atoms with van der Waals surface area (Å²) < 4.78 is 0. The molecule has 2 saturated heterocycles. The maximum atomic E-state index is 10.6. The molecule has 70 valence electrons. The van der Waals surface area contributed by atoms with E-state index in [1.807, 2.05) is 4.90 Å². The number of piperidine rings is 1. The number of nitrogens with zero attached hydrogens (tertiary/aromatic N) is 1. The van der Waals surface area contributed by atoms with Crippen LogP contribution in [0.5, 0.6) is 0 Å². The summed E-state index contributed by atoms with van der Waals surface area (Å²) >= 11 is 0. The van der Waals surface area contributed by atoms with Crippen molar-refractivity contribution in [1.29, 1.82) is 0 Å². The van der Waals surface area contributed by atoms with E-state index in [1.165, 1.54) is 6.42 Å². The summed E-state index contributed by atoms with van der Waals surface area (Å²) in [5.41, 5.74) is 0. The molecule has 12 heavy (non-hydrogen) atoms. The molecular weight excluding hydrogens is 176 g/mol. The van der Waals surface area contributed by atoms with Crippen LogP contribution in [0.15, 0.2) is 0 Å². The molecule has 4 heteroatoms. The first-order valence-corrected chi connectivity index (χ1v) is 4.36. The maximum absolute atomic E-state index is 10.6. The summed E-state index contributed by atoms with van der Waals surface area (Å²) in [7, 11) is 0. The van der Waals surface area contributed by atoms with E-state index in [1.54, 1.807) is 0 Å². The van der Waals surface area contributed by atoms with Gasteiger partial charge in [-0.25, -0.2) is 0 Å². The van der Waals surface area contributed by atoms with Crippen molar-refractivity contribution in [3.05, 3.63) is 0 Å². The molecule has 0 bridgehead atoms. The van der Waals surface area contributed by atoms with Gasteiger partial charge >= 0.3 is 0 Å². The van der Waals surface area contributed by atoms with Crippen molar-refractivity contribution in [2.75, 3.05) is 13.1 Å². The van der Waals surface area contributed by atoms with E-state index in [0.717, 1.165) is 32.3 Å². The summed E-state index contributed by atoms with van der Waals surface area (Å²) in [4.78, 5) is 12.6. The molecule has 2 atom stereocenters. The van der Waals surface area contributed by atoms with Gasteiger partial charge in [-0.15, -0.1) is 12.4 Å².